The van der Waals surface area contributed by atoms with Crippen LogP contribution in [0.4, 0.5) is 0 Å². The molecule has 2 aromatic rings. The van der Waals surface area contributed by atoms with Crippen LogP contribution in [0.25, 0.3) is 0 Å². The fourth-order valence-electron chi connectivity index (χ4n) is 1.67. The van der Waals surface area contributed by atoms with E-state index in [0.29, 0.717) is 22.1 Å². The summed E-state index contributed by atoms with van der Waals surface area (Å²) in [6.45, 7) is 1.68. The molecule has 0 atom stereocenters. The molecule has 116 valence electrons. The Kier molecular flexibility index (Phi) is 5.91. The third kappa shape index (κ3) is 4.82. The monoisotopic (exact) mass is 338 g/mol. The smallest absolute Gasteiger partial charge is 0.273 e. The Morgan fingerprint density at radius 3 is 2.55 bits per heavy atom. The summed E-state index contributed by atoms with van der Waals surface area (Å²) in [6, 6.07) is 8.95. The van der Waals surface area contributed by atoms with E-state index in [1.165, 1.54) is 6.26 Å². The number of thioether (sulfide) groups is 1. The number of nitrogens with one attached hydrogen (secondary N) is 2. The van der Waals surface area contributed by atoms with Gasteiger partial charge in [0.2, 0.25) is 5.91 Å². The fourth-order valence-corrected chi connectivity index (χ4v) is 2.65. The van der Waals surface area contributed by atoms with Crippen molar-refractivity contribution in [3.63, 3.8) is 0 Å². The predicted molar refractivity (Wildman–Crippen MR) is 85.8 cm³/mol. The maximum atomic E-state index is 11.8. The summed E-state index contributed by atoms with van der Waals surface area (Å²) in [5.74, 6) is 0.458. The van der Waals surface area contributed by atoms with Crippen molar-refractivity contribution in [2.45, 2.75) is 18.2 Å². The van der Waals surface area contributed by atoms with Crippen molar-refractivity contribution in [2.75, 3.05) is 5.75 Å². The topological polar surface area (TPSA) is 71.3 Å². The molecule has 0 fully saturated rings. The van der Waals surface area contributed by atoms with Gasteiger partial charge >= 0.3 is 0 Å². The van der Waals surface area contributed by atoms with Gasteiger partial charge < -0.3 is 4.42 Å². The van der Waals surface area contributed by atoms with E-state index in [1.54, 1.807) is 36.9 Å². The summed E-state index contributed by atoms with van der Waals surface area (Å²) in [5.41, 5.74) is 5.13. The number of hydrogen-bond donors (Lipinski definition) is 2. The second-order valence-electron chi connectivity index (χ2n) is 4.45. The van der Waals surface area contributed by atoms with Crippen LogP contribution < -0.4 is 10.9 Å². The number of carbonyl (C=O) groups excluding carboxylic acids is 2. The van der Waals surface area contributed by atoms with E-state index in [4.69, 9.17) is 16.0 Å². The van der Waals surface area contributed by atoms with Crippen LogP contribution in [0.15, 0.2) is 45.9 Å². The van der Waals surface area contributed by atoms with Crippen molar-refractivity contribution in [1.29, 1.82) is 0 Å². The minimum absolute atomic E-state index is 0.254. The van der Waals surface area contributed by atoms with Crippen LogP contribution in [0.1, 0.15) is 22.5 Å². The molecule has 1 aromatic carbocycles. The van der Waals surface area contributed by atoms with Gasteiger partial charge in [-0.1, -0.05) is 11.6 Å². The zero-order chi connectivity index (χ0) is 15.9. The number of amides is 2. The first-order valence-corrected chi connectivity index (χ1v) is 7.94. The minimum Gasteiger partial charge on any atom is -0.469 e. The normalized spacial score (nSPS) is 10.3. The summed E-state index contributed by atoms with van der Waals surface area (Å²) < 4.78 is 5.03. The van der Waals surface area contributed by atoms with Crippen molar-refractivity contribution in [3.05, 3.63) is 52.9 Å². The van der Waals surface area contributed by atoms with E-state index in [2.05, 4.69) is 10.9 Å². The highest BCUT2D eigenvalue weighted by atomic mass is 35.5. The maximum absolute atomic E-state index is 11.8. The number of hydrazine groups is 1. The molecule has 0 radical (unpaired) electrons. The molecule has 22 heavy (non-hydrogen) atoms. The molecule has 0 unspecified atom stereocenters. The van der Waals surface area contributed by atoms with Crippen molar-refractivity contribution in [1.82, 2.24) is 10.9 Å². The zero-order valence-electron chi connectivity index (χ0n) is 11.9. The molecule has 2 amide bonds. The Balaban J connectivity index is 1.69. The molecule has 0 spiro atoms. The van der Waals surface area contributed by atoms with Crippen LogP contribution in [0.3, 0.4) is 0 Å². The lowest BCUT2D eigenvalue weighted by molar-refractivity contribution is -0.121. The number of carbonyl (C=O) groups is 2. The molecule has 0 aliphatic heterocycles. The molecule has 1 aromatic heterocycles. The number of halogens is 1. The largest absolute Gasteiger partial charge is 0.469 e. The molecule has 0 aliphatic rings. The van der Waals surface area contributed by atoms with Crippen molar-refractivity contribution >= 4 is 35.2 Å². The highest BCUT2D eigenvalue weighted by Crippen LogP contribution is 2.20. The van der Waals surface area contributed by atoms with Crippen LogP contribution in [0.2, 0.25) is 5.02 Å². The van der Waals surface area contributed by atoms with E-state index >= 15 is 0 Å². The lowest BCUT2D eigenvalue weighted by Gasteiger charge is -2.06. The first-order chi connectivity index (χ1) is 10.6. The number of aryl methyl sites for hydroxylation is 1. The molecule has 1 heterocycles. The first-order valence-electron chi connectivity index (χ1n) is 6.58. The van der Waals surface area contributed by atoms with Crippen molar-refractivity contribution < 1.29 is 14.0 Å². The lowest BCUT2D eigenvalue weighted by Crippen LogP contribution is -2.41. The standard InChI is InChI=1S/C15H15ClN2O3S/c1-10-13(6-8-21-10)15(20)18-17-14(19)7-9-22-12-4-2-11(16)3-5-12/h2-6,8H,7,9H2,1H3,(H,17,19)(H,18,20). The van der Waals surface area contributed by atoms with Crippen molar-refractivity contribution in [2.24, 2.45) is 0 Å². The van der Waals surface area contributed by atoms with E-state index in [9.17, 15) is 9.59 Å². The number of furan rings is 1. The predicted octanol–water partition coefficient (Wildman–Crippen LogP) is 3.18. The SMILES string of the molecule is Cc1occc1C(=O)NNC(=O)CCSc1ccc(Cl)cc1. The van der Waals surface area contributed by atoms with Gasteiger partial charge in [0.05, 0.1) is 11.8 Å². The molecule has 0 aliphatic carbocycles. The average Bonchev–Trinajstić information content (AvgIpc) is 2.93. The molecule has 2 N–H and O–H groups in total. The molecule has 0 saturated heterocycles. The van der Waals surface area contributed by atoms with Gasteiger partial charge in [-0.05, 0) is 37.3 Å². The van der Waals surface area contributed by atoms with E-state index < -0.39 is 5.91 Å². The minimum atomic E-state index is -0.398. The summed E-state index contributed by atoms with van der Waals surface area (Å²) in [6.07, 6.45) is 1.72. The van der Waals surface area contributed by atoms with Gasteiger partial charge in [-0.25, -0.2) is 0 Å². The quantitative estimate of drug-likeness (QED) is 0.648. The van der Waals surface area contributed by atoms with Crippen LogP contribution in [-0.4, -0.2) is 17.6 Å². The van der Waals surface area contributed by atoms with E-state index in [0.717, 1.165) is 4.90 Å². The summed E-state index contributed by atoms with van der Waals surface area (Å²) in [7, 11) is 0. The van der Waals surface area contributed by atoms with Gasteiger partial charge in [0, 0.05) is 22.1 Å². The van der Waals surface area contributed by atoms with E-state index in [1.807, 2.05) is 12.1 Å². The lowest BCUT2D eigenvalue weighted by atomic mass is 10.2. The second-order valence-corrected chi connectivity index (χ2v) is 6.05. The Hall–Kier alpha value is -1.92. The zero-order valence-corrected chi connectivity index (χ0v) is 13.5. The highest BCUT2D eigenvalue weighted by Gasteiger charge is 2.11. The van der Waals surface area contributed by atoms with Gasteiger partial charge in [-0.3, -0.25) is 20.4 Å². The van der Waals surface area contributed by atoms with Gasteiger partial charge in [-0.2, -0.15) is 0 Å². The molecule has 7 heteroatoms. The molecule has 0 saturated carbocycles. The first kappa shape index (κ1) is 16.5. The number of rotatable bonds is 5. The maximum Gasteiger partial charge on any atom is 0.273 e. The van der Waals surface area contributed by atoms with E-state index in [-0.39, 0.29) is 12.3 Å². The van der Waals surface area contributed by atoms with Gasteiger partial charge in [0.1, 0.15) is 5.76 Å². The average molecular weight is 339 g/mol. The van der Waals surface area contributed by atoms with Crippen LogP contribution in [0, 0.1) is 6.92 Å². The van der Waals surface area contributed by atoms with Crippen LogP contribution in [0.5, 0.6) is 0 Å². The Morgan fingerprint density at radius 1 is 1.18 bits per heavy atom. The molecule has 2 rings (SSSR count). The third-order valence-corrected chi connectivity index (χ3v) is 4.10. The number of hydrogen-bond acceptors (Lipinski definition) is 4. The Morgan fingerprint density at radius 2 is 1.91 bits per heavy atom. The van der Waals surface area contributed by atoms with Gasteiger partial charge in [0.25, 0.3) is 5.91 Å². The second kappa shape index (κ2) is 7.91. The van der Waals surface area contributed by atoms with Crippen LogP contribution in [-0.2, 0) is 4.79 Å². The Labute approximate surface area is 137 Å². The molecule has 5 nitrogen and oxygen atoms in total. The Bertz CT molecular complexity index is 655. The summed E-state index contributed by atoms with van der Waals surface area (Å²) in [4.78, 5) is 24.5. The van der Waals surface area contributed by atoms with Crippen molar-refractivity contribution in [3.8, 4) is 0 Å². The van der Waals surface area contributed by atoms with Gasteiger partial charge in [-0.15, -0.1) is 11.8 Å². The molecular formula is C15H15ClN2O3S. The van der Waals surface area contributed by atoms with Crippen LogP contribution >= 0.6 is 23.4 Å². The summed E-state index contributed by atoms with van der Waals surface area (Å²) in [5, 5.41) is 0.680. The van der Waals surface area contributed by atoms with Gasteiger partial charge in [0.15, 0.2) is 0 Å². The molecular weight excluding hydrogens is 324 g/mol. The fraction of sp³-hybridized carbons (Fsp3) is 0.200. The number of benzene rings is 1. The third-order valence-electron chi connectivity index (χ3n) is 2.83. The summed E-state index contributed by atoms with van der Waals surface area (Å²) >= 11 is 7.34. The molecule has 0 bridgehead atoms. The highest BCUT2D eigenvalue weighted by molar-refractivity contribution is 7.99.